The van der Waals surface area contributed by atoms with Crippen molar-refractivity contribution in [1.82, 2.24) is 4.90 Å². The first-order valence-corrected chi connectivity index (χ1v) is 10.3. The molecule has 34 heavy (non-hydrogen) atoms. The van der Waals surface area contributed by atoms with Gasteiger partial charge in [-0.1, -0.05) is 18.2 Å². The predicted octanol–water partition coefficient (Wildman–Crippen LogP) is 4.67. The SMILES string of the molecule is COc1cc2c(cc1OC)[C@@H](C(=O)Nc1ccc(F)cc1F)[C@H](c1ccccc1F)N(C)C2=O. The van der Waals surface area contributed by atoms with E-state index in [-0.39, 0.29) is 33.9 Å². The Bertz CT molecular complexity index is 1280. The number of hydrogen-bond donors (Lipinski definition) is 1. The third-order valence-corrected chi connectivity index (χ3v) is 5.87. The van der Waals surface area contributed by atoms with E-state index in [1.54, 1.807) is 6.07 Å². The standard InChI is InChI=1S/C25H21F3N2O4/c1-30-23(14-6-4-5-7-17(14)27)22(24(31)29-19-9-8-13(26)10-18(19)28)15-11-20(33-2)21(34-3)12-16(15)25(30)32/h4-12,22-23H,1-3H3,(H,29,31)/t22-,23+/m1/s1. The average molecular weight is 470 g/mol. The largest absolute Gasteiger partial charge is 0.493 e. The van der Waals surface area contributed by atoms with Crippen LogP contribution in [0.2, 0.25) is 0 Å². The Kier molecular flexibility index (Phi) is 6.19. The van der Waals surface area contributed by atoms with E-state index in [1.165, 1.54) is 56.5 Å². The third-order valence-electron chi connectivity index (χ3n) is 5.87. The van der Waals surface area contributed by atoms with Crippen LogP contribution < -0.4 is 14.8 Å². The molecule has 0 aliphatic carbocycles. The number of hydrogen-bond acceptors (Lipinski definition) is 4. The molecule has 1 heterocycles. The molecule has 0 saturated heterocycles. The summed E-state index contributed by atoms with van der Waals surface area (Å²) >= 11 is 0. The number of methoxy groups -OCH3 is 2. The minimum atomic E-state index is -1.15. The Balaban J connectivity index is 1.91. The van der Waals surface area contributed by atoms with Crippen molar-refractivity contribution in [2.24, 2.45) is 0 Å². The lowest BCUT2D eigenvalue weighted by molar-refractivity contribution is -0.119. The molecule has 0 fully saturated rings. The van der Waals surface area contributed by atoms with E-state index in [9.17, 15) is 22.8 Å². The zero-order valence-electron chi connectivity index (χ0n) is 18.6. The molecule has 176 valence electrons. The highest BCUT2D eigenvalue weighted by molar-refractivity contribution is 6.05. The number of rotatable bonds is 5. The van der Waals surface area contributed by atoms with Crippen LogP contribution in [-0.2, 0) is 4.79 Å². The third kappa shape index (κ3) is 3.93. The van der Waals surface area contributed by atoms with E-state index in [1.807, 2.05) is 0 Å². The molecule has 2 atom stereocenters. The Morgan fingerprint density at radius 3 is 2.24 bits per heavy atom. The van der Waals surface area contributed by atoms with Gasteiger partial charge in [-0.3, -0.25) is 9.59 Å². The second-order valence-corrected chi connectivity index (χ2v) is 7.77. The molecule has 0 spiro atoms. The van der Waals surface area contributed by atoms with Crippen molar-refractivity contribution < 1.29 is 32.2 Å². The van der Waals surface area contributed by atoms with Crippen LogP contribution in [0.4, 0.5) is 18.9 Å². The summed E-state index contributed by atoms with van der Waals surface area (Å²) in [5.41, 5.74) is 0.278. The molecule has 1 aliphatic rings. The summed E-state index contributed by atoms with van der Waals surface area (Å²) in [6.45, 7) is 0. The van der Waals surface area contributed by atoms with Gasteiger partial charge in [0.15, 0.2) is 11.5 Å². The van der Waals surface area contributed by atoms with E-state index in [4.69, 9.17) is 9.47 Å². The van der Waals surface area contributed by atoms with Gasteiger partial charge in [-0.25, -0.2) is 13.2 Å². The second-order valence-electron chi connectivity index (χ2n) is 7.77. The molecule has 1 N–H and O–H groups in total. The number of ether oxygens (including phenoxy) is 2. The molecule has 0 aromatic heterocycles. The van der Waals surface area contributed by atoms with Gasteiger partial charge in [0.1, 0.15) is 17.5 Å². The van der Waals surface area contributed by atoms with Gasteiger partial charge in [0.05, 0.1) is 31.9 Å². The number of nitrogens with one attached hydrogen (secondary N) is 1. The lowest BCUT2D eigenvalue weighted by atomic mass is 9.79. The van der Waals surface area contributed by atoms with Crippen LogP contribution in [0.1, 0.15) is 33.4 Å². The Hall–Kier alpha value is -4.01. The molecule has 1 aliphatic heterocycles. The molecular weight excluding hydrogens is 449 g/mol. The quantitative estimate of drug-likeness (QED) is 0.589. The molecule has 2 amide bonds. The van der Waals surface area contributed by atoms with Gasteiger partial charge in [-0.15, -0.1) is 0 Å². The number of likely N-dealkylation sites (N-methyl/N-ethyl adjacent to an activating group) is 1. The van der Waals surface area contributed by atoms with Crippen molar-refractivity contribution in [2.45, 2.75) is 12.0 Å². The minimum absolute atomic E-state index is 0.110. The zero-order valence-corrected chi connectivity index (χ0v) is 18.6. The second kappa shape index (κ2) is 9.09. The molecule has 0 saturated carbocycles. The van der Waals surface area contributed by atoms with Crippen LogP contribution in [0.25, 0.3) is 0 Å². The average Bonchev–Trinajstić information content (AvgIpc) is 2.82. The fourth-order valence-corrected chi connectivity index (χ4v) is 4.24. The van der Waals surface area contributed by atoms with Gasteiger partial charge in [0.25, 0.3) is 5.91 Å². The highest BCUT2D eigenvalue weighted by atomic mass is 19.1. The Morgan fingerprint density at radius 2 is 1.59 bits per heavy atom. The maximum absolute atomic E-state index is 14.9. The van der Waals surface area contributed by atoms with Gasteiger partial charge in [0.2, 0.25) is 5.91 Å². The fraction of sp³-hybridized carbons (Fsp3) is 0.200. The van der Waals surface area contributed by atoms with Crippen molar-refractivity contribution in [3.8, 4) is 11.5 Å². The zero-order chi connectivity index (χ0) is 24.6. The maximum Gasteiger partial charge on any atom is 0.254 e. The van der Waals surface area contributed by atoms with Gasteiger partial charge in [-0.05, 0) is 35.9 Å². The number of carbonyl (C=O) groups excluding carboxylic acids is 2. The summed E-state index contributed by atoms with van der Waals surface area (Å²) in [6.07, 6.45) is 0. The summed E-state index contributed by atoms with van der Waals surface area (Å²) in [5, 5.41) is 2.46. The first-order chi connectivity index (χ1) is 16.3. The van der Waals surface area contributed by atoms with Crippen molar-refractivity contribution in [1.29, 1.82) is 0 Å². The maximum atomic E-state index is 14.9. The lowest BCUT2D eigenvalue weighted by Crippen LogP contribution is -2.44. The van der Waals surface area contributed by atoms with Crippen LogP contribution in [0.3, 0.4) is 0 Å². The Morgan fingerprint density at radius 1 is 0.912 bits per heavy atom. The summed E-state index contributed by atoms with van der Waals surface area (Å²) in [6, 6.07) is 10.4. The summed E-state index contributed by atoms with van der Waals surface area (Å²) in [7, 11) is 4.26. The number of anilines is 1. The van der Waals surface area contributed by atoms with Gasteiger partial charge in [-0.2, -0.15) is 0 Å². The van der Waals surface area contributed by atoms with Crippen LogP contribution in [0.5, 0.6) is 11.5 Å². The molecule has 9 heteroatoms. The highest BCUT2D eigenvalue weighted by Gasteiger charge is 2.44. The van der Waals surface area contributed by atoms with Crippen molar-refractivity contribution in [2.75, 3.05) is 26.6 Å². The first-order valence-electron chi connectivity index (χ1n) is 10.3. The number of nitrogens with zero attached hydrogens (tertiary/aromatic N) is 1. The number of carbonyl (C=O) groups is 2. The molecule has 3 aromatic rings. The summed E-state index contributed by atoms with van der Waals surface area (Å²) in [4.78, 5) is 28.1. The van der Waals surface area contributed by atoms with E-state index in [2.05, 4.69) is 5.32 Å². The molecule has 0 unspecified atom stereocenters. The molecular formula is C25H21F3N2O4. The van der Waals surface area contributed by atoms with Crippen LogP contribution in [0, 0.1) is 17.5 Å². The number of halogens is 3. The van der Waals surface area contributed by atoms with Crippen LogP contribution in [0.15, 0.2) is 54.6 Å². The first kappa shape index (κ1) is 23.2. The number of amides is 2. The van der Waals surface area contributed by atoms with Crippen molar-refractivity contribution in [3.63, 3.8) is 0 Å². The molecule has 0 bridgehead atoms. The van der Waals surface area contributed by atoms with Crippen molar-refractivity contribution >= 4 is 17.5 Å². The topological polar surface area (TPSA) is 67.9 Å². The van der Waals surface area contributed by atoms with Crippen molar-refractivity contribution in [3.05, 3.63) is 88.7 Å². The van der Waals surface area contributed by atoms with E-state index in [0.29, 0.717) is 6.07 Å². The normalized spacial score (nSPS) is 17.2. The van der Waals surface area contributed by atoms with E-state index < -0.39 is 41.2 Å². The van der Waals surface area contributed by atoms with Crippen LogP contribution in [-0.4, -0.2) is 38.0 Å². The smallest absolute Gasteiger partial charge is 0.254 e. The molecule has 3 aromatic carbocycles. The van der Waals surface area contributed by atoms with E-state index >= 15 is 0 Å². The monoisotopic (exact) mass is 470 g/mol. The fourth-order valence-electron chi connectivity index (χ4n) is 4.24. The minimum Gasteiger partial charge on any atom is -0.493 e. The number of fused-ring (bicyclic) bond motifs is 1. The van der Waals surface area contributed by atoms with Gasteiger partial charge >= 0.3 is 0 Å². The van der Waals surface area contributed by atoms with E-state index in [0.717, 1.165) is 12.1 Å². The highest BCUT2D eigenvalue weighted by Crippen LogP contribution is 2.46. The van der Waals surface area contributed by atoms with Gasteiger partial charge < -0.3 is 19.7 Å². The molecule has 6 nitrogen and oxygen atoms in total. The lowest BCUT2D eigenvalue weighted by Gasteiger charge is -2.40. The van der Waals surface area contributed by atoms with Gasteiger partial charge in [0, 0.05) is 24.2 Å². The molecule has 4 rings (SSSR count). The molecule has 0 radical (unpaired) electrons. The summed E-state index contributed by atoms with van der Waals surface area (Å²) in [5.74, 6) is -4.17. The predicted molar refractivity (Wildman–Crippen MR) is 119 cm³/mol. The van der Waals surface area contributed by atoms with Crippen LogP contribution >= 0.6 is 0 Å². The summed E-state index contributed by atoms with van der Waals surface area (Å²) < 4.78 is 53.2. The Labute approximate surface area is 193 Å². The number of benzene rings is 3.